The zero-order valence-electron chi connectivity index (χ0n) is 18.7. The van der Waals surface area contributed by atoms with Gasteiger partial charge in [-0.05, 0) is 56.3 Å². The summed E-state index contributed by atoms with van der Waals surface area (Å²) in [6.07, 6.45) is 1.48. The zero-order valence-corrected chi connectivity index (χ0v) is 18.7. The molecule has 3 heterocycles. The first-order chi connectivity index (χ1) is 16.7. The first-order valence-electron chi connectivity index (χ1n) is 10.9. The Labute approximate surface area is 194 Å². The lowest BCUT2D eigenvalue weighted by atomic mass is 10.1. The van der Waals surface area contributed by atoms with Crippen LogP contribution >= 0.6 is 0 Å². The highest BCUT2D eigenvalue weighted by Gasteiger charge is 2.16. The molecule has 0 amide bonds. The van der Waals surface area contributed by atoms with Crippen LogP contribution in [0.3, 0.4) is 0 Å². The van der Waals surface area contributed by atoms with E-state index in [-0.39, 0.29) is 18.0 Å². The first-order valence-corrected chi connectivity index (χ1v) is 10.9. The molecule has 34 heavy (non-hydrogen) atoms. The SMILES string of the molecule is CCOc1ccc(-c2cc3c(=O)n(Cc4nc(-c5ccccc5OCC)no4)ncn3n2)cc1. The number of aromatic nitrogens is 6. The molecular weight excluding hydrogens is 436 g/mol. The van der Waals surface area contributed by atoms with E-state index in [0.29, 0.717) is 41.6 Å². The van der Waals surface area contributed by atoms with Gasteiger partial charge in [-0.2, -0.15) is 15.2 Å². The molecule has 0 aliphatic heterocycles. The molecule has 0 saturated carbocycles. The molecule has 0 radical (unpaired) electrons. The van der Waals surface area contributed by atoms with Crippen molar-refractivity contribution in [1.29, 1.82) is 0 Å². The number of para-hydroxylation sites is 1. The number of rotatable bonds is 8. The van der Waals surface area contributed by atoms with Crippen molar-refractivity contribution in [2.24, 2.45) is 0 Å². The number of benzene rings is 2. The molecule has 0 unspecified atom stereocenters. The summed E-state index contributed by atoms with van der Waals surface area (Å²) in [6.45, 7) is 4.99. The molecule has 0 N–H and O–H groups in total. The molecule has 10 nitrogen and oxygen atoms in total. The maximum atomic E-state index is 13.0. The topological polar surface area (TPSA) is 110 Å². The zero-order chi connectivity index (χ0) is 23.5. The van der Waals surface area contributed by atoms with Gasteiger partial charge in [0.25, 0.3) is 5.56 Å². The minimum absolute atomic E-state index is 0.0305. The minimum Gasteiger partial charge on any atom is -0.494 e. The van der Waals surface area contributed by atoms with E-state index < -0.39 is 0 Å². The summed E-state index contributed by atoms with van der Waals surface area (Å²) in [4.78, 5) is 17.5. The van der Waals surface area contributed by atoms with Gasteiger partial charge in [0.05, 0.1) is 24.5 Å². The Morgan fingerprint density at radius 3 is 2.59 bits per heavy atom. The Hall–Kier alpha value is -4.47. The number of ether oxygens (including phenoxy) is 2. The van der Waals surface area contributed by atoms with Crippen LogP contribution in [0.1, 0.15) is 19.7 Å². The average molecular weight is 458 g/mol. The number of hydrogen-bond acceptors (Lipinski definition) is 8. The first kappa shape index (κ1) is 21.4. The highest BCUT2D eigenvalue weighted by atomic mass is 16.5. The second-order valence-electron chi connectivity index (χ2n) is 7.35. The van der Waals surface area contributed by atoms with Crippen molar-refractivity contribution >= 4 is 5.52 Å². The van der Waals surface area contributed by atoms with E-state index in [2.05, 4.69) is 20.3 Å². The quantitative estimate of drug-likeness (QED) is 0.348. The molecule has 0 aliphatic rings. The average Bonchev–Trinajstić information content (AvgIpc) is 3.50. The van der Waals surface area contributed by atoms with E-state index in [0.717, 1.165) is 11.3 Å². The third-order valence-corrected chi connectivity index (χ3v) is 5.13. The fourth-order valence-electron chi connectivity index (χ4n) is 3.57. The lowest BCUT2D eigenvalue weighted by Gasteiger charge is -2.06. The van der Waals surface area contributed by atoms with Gasteiger partial charge in [-0.3, -0.25) is 4.79 Å². The molecule has 10 heteroatoms. The summed E-state index contributed by atoms with van der Waals surface area (Å²) in [7, 11) is 0. The highest BCUT2D eigenvalue weighted by Crippen LogP contribution is 2.27. The smallest absolute Gasteiger partial charge is 0.293 e. The molecule has 0 bridgehead atoms. The highest BCUT2D eigenvalue weighted by molar-refractivity contribution is 5.66. The van der Waals surface area contributed by atoms with Crippen LogP contribution in [0.4, 0.5) is 0 Å². The van der Waals surface area contributed by atoms with Gasteiger partial charge in [0.15, 0.2) is 0 Å². The molecule has 0 saturated heterocycles. The van der Waals surface area contributed by atoms with E-state index >= 15 is 0 Å². The monoisotopic (exact) mass is 458 g/mol. The molecule has 172 valence electrons. The molecular formula is C24H22N6O4. The molecule has 0 fully saturated rings. The van der Waals surface area contributed by atoms with Gasteiger partial charge in [-0.15, -0.1) is 0 Å². The number of nitrogens with zero attached hydrogens (tertiary/aromatic N) is 6. The summed E-state index contributed by atoms with van der Waals surface area (Å²) in [5, 5.41) is 12.7. The lowest BCUT2D eigenvalue weighted by molar-refractivity contribution is 0.340. The predicted molar refractivity (Wildman–Crippen MR) is 124 cm³/mol. The minimum atomic E-state index is -0.318. The second-order valence-corrected chi connectivity index (χ2v) is 7.35. The van der Waals surface area contributed by atoms with Gasteiger partial charge >= 0.3 is 0 Å². The van der Waals surface area contributed by atoms with Crippen molar-refractivity contribution in [2.45, 2.75) is 20.4 Å². The van der Waals surface area contributed by atoms with Gasteiger partial charge in [0, 0.05) is 5.56 Å². The van der Waals surface area contributed by atoms with Gasteiger partial charge in [-0.25, -0.2) is 9.20 Å². The van der Waals surface area contributed by atoms with E-state index in [9.17, 15) is 4.79 Å². The third kappa shape index (κ3) is 4.13. The van der Waals surface area contributed by atoms with Crippen molar-refractivity contribution in [1.82, 2.24) is 29.5 Å². The van der Waals surface area contributed by atoms with E-state index in [1.165, 1.54) is 15.5 Å². The van der Waals surface area contributed by atoms with Gasteiger partial charge < -0.3 is 14.0 Å². The van der Waals surface area contributed by atoms with Crippen LogP contribution in [0.2, 0.25) is 0 Å². The van der Waals surface area contributed by atoms with Gasteiger partial charge in [0.1, 0.15) is 29.9 Å². The summed E-state index contributed by atoms with van der Waals surface area (Å²) in [5.41, 5.74) is 2.31. The summed E-state index contributed by atoms with van der Waals surface area (Å²) >= 11 is 0. The van der Waals surface area contributed by atoms with E-state index in [1.807, 2.05) is 62.4 Å². The molecule has 3 aromatic heterocycles. The normalized spacial score (nSPS) is 11.1. The van der Waals surface area contributed by atoms with Crippen molar-refractivity contribution in [3.63, 3.8) is 0 Å². The summed E-state index contributed by atoms with van der Waals surface area (Å²) < 4.78 is 19.2. The van der Waals surface area contributed by atoms with Crippen LogP contribution in [-0.4, -0.2) is 42.7 Å². The van der Waals surface area contributed by atoms with E-state index in [1.54, 1.807) is 6.07 Å². The van der Waals surface area contributed by atoms with Crippen LogP contribution in [0.25, 0.3) is 28.2 Å². The van der Waals surface area contributed by atoms with Crippen LogP contribution in [0.5, 0.6) is 11.5 Å². The molecule has 0 spiro atoms. The van der Waals surface area contributed by atoms with Gasteiger partial charge in [0.2, 0.25) is 11.7 Å². The maximum Gasteiger partial charge on any atom is 0.293 e. The van der Waals surface area contributed by atoms with Crippen molar-refractivity contribution in [2.75, 3.05) is 13.2 Å². The number of hydrogen-bond donors (Lipinski definition) is 0. The summed E-state index contributed by atoms with van der Waals surface area (Å²) in [6, 6.07) is 16.7. The molecule has 5 aromatic rings. The summed E-state index contributed by atoms with van der Waals surface area (Å²) in [5.74, 6) is 2.08. The Morgan fingerprint density at radius 2 is 1.79 bits per heavy atom. The molecule has 5 rings (SSSR count). The number of fused-ring (bicyclic) bond motifs is 1. The van der Waals surface area contributed by atoms with Crippen LogP contribution in [0.15, 0.2) is 70.2 Å². The van der Waals surface area contributed by atoms with Crippen LogP contribution < -0.4 is 15.0 Å². The second kappa shape index (κ2) is 9.18. The fourth-order valence-corrected chi connectivity index (χ4v) is 3.57. The largest absolute Gasteiger partial charge is 0.494 e. The standard InChI is InChI=1S/C24H22N6O4/c1-3-32-17-11-9-16(10-12-17)19-13-20-24(31)29(25-15-30(20)27-19)14-22-26-23(28-34-22)18-7-5-6-8-21(18)33-4-2/h5-13,15H,3-4,14H2,1-2H3. The Bertz CT molecular complexity index is 1490. The molecule has 0 aliphatic carbocycles. The Morgan fingerprint density at radius 1 is 1.00 bits per heavy atom. The Balaban J connectivity index is 1.41. The predicted octanol–water partition coefficient (Wildman–Crippen LogP) is 3.45. The van der Waals surface area contributed by atoms with E-state index in [4.69, 9.17) is 14.0 Å². The molecule has 2 aromatic carbocycles. The molecule has 0 atom stereocenters. The van der Waals surface area contributed by atoms with Crippen molar-refractivity contribution in [3.05, 3.63) is 77.2 Å². The lowest BCUT2D eigenvalue weighted by Crippen LogP contribution is -2.25. The Kier molecular flexibility index (Phi) is 5.77. The van der Waals surface area contributed by atoms with Crippen LogP contribution in [-0.2, 0) is 6.54 Å². The van der Waals surface area contributed by atoms with Crippen molar-refractivity contribution < 1.29 is 14.0 Å². The maximum absolute atomic E-state index is 13.0. The third-order valence-electron chi connectivity index (χ3n) is 5.13. The van der Waals surface area contributed by atoms with Crippen LogP contribution in [0, 0.1) is 0 Å². The fraction of sp³-hybridized carbons (Fsp3) is 0.208. The van der Waals surface area contributed by atoms with Gasteiger partial charge in [-0.1, -0.05) is 17.3 Å². The van der Waals surface area contributed by atoms with Crippen molar-refractivity contribution in [3.8, 4) is 34.1 Å².